The van der Waals surface area contributed by atoms with Crippen molar-refractivity contribution in [3.8, 4) is 0 Å². The largest absolute Gasteiger partial charge is 0.352 e. The molecule has 1 aliphatic rings. The Hall–Kier alpha value is -3.15. The van der Waals surface area contributed by atoms with Gasteiger partial charge < -0.3 is 15.5 Å². The molecule has 0 bridgehead atoms. The van der Waals surface area contributed by atoms with Crippen LogP contribution in [-0.2, 0) is 16.1 Å². The monoisotopic (exact) mass is 421 g/mol. The van der Waals surface area contributed by atoms with E-state index in [1.165, 1.54) is 0 Å². The van der Waals surface area contributed by atoms with Gasteiger partial charge in [0.1, 0.15) is 0 Å². The SMILES string of the molecule is CC(C)(C)C(=O)Nc1cccc(C(=O)N2CCC[C@H](C(=O)NCc3ccccc3)C2)c1. The van der Waals surface area contributed by atoms with Crippen molar-refractivity contribution in [3.63, 3.8) is 0 Å². The second kappa shape index (κ2) is 9.77. The third-order valence-electron chi connectivity index (χ3n) is 5.44. The lowest BCUT2D eigenvalue weighted by molar-refractivity contribution is -0.126. The van der Waals surface area contributed by atoms with E-state index in [-0.39, 0.29) is 23.6 Å². The zero-order chi connectivity index (χ0) is 22.4. The lowest BCUT2D eigenvalue weighted by Crippen LogP contribution is -2.45. The van der Waals surface area contributed by atoms with E-state index in [1.807, 2.05) is 51.1 Å². The minimum absolute atomic E-state index is 0.0208. The van der Waals surface area contributed by atoms with Gasteiger partial charge in [-0.05, 0) is 36.6 Å². The highest BCUT2D eigenvalue weighted by Gasteiger charge is 2.29. The molecule has 2 aromatic carbocycles. The number of benzene rings is 2. The smallest absolute Gasteiger partial charge is 0.253 e. The van der Waals surface area contributed by atoms with Gasteiger partial charge in [-0.1, -0.05) is 57.2 Å². The predicted molar refractivity (Wildman–Crippen MR) is 121 cm³/mol. The molecule has 3 rings (SSSR count). The number of carbonyl (C=O) groups excluding carboxylic acids is 3. The summed E-state index contributed by atoms with van der Waals surface area (Å²) >= 11 is 0. The highest BCUT2D eigenvalue weighted by Crippen LogP contribution is 2.22. The Morgan fingerprint density at radius 1 is 1.03 bits per heavy atom. The van der Waals surface area contributed by atoms with Crippen molar-refractivity contribution in [2.75, 3.05) is 18.4 Å². The van der Waals surface area contributed by atoms with Gasteiger partial charge in [-0.3, -0.25) is 14.4 Å². The van der Waals surface area contributed by atoms with E-state index in [4.69, 9.17) is 0 Å². The van der Waals surface area contributed by atoms with Gasteiger partial charge in [-0.15, -0.1) is 0 Å². The lowest BCUT2D eigenvalue weighted by Gasteiger charge is -2.32. The van der Waals surface area contributed by atoms with E-state index in [9.17, 15) is 14.4 Å². The van der Waals surface area contributed by atoms with Crippen LogP contribution in [0.25, 0.3) is 0 Å². The number of rotatable bonds is 5. The van der Waals surface area contributed by atoms with Crippen LogP contribution in [0.2, 0.25) is 0 Å². The van der Waals surface area contributed by atoms with E-state index < -0.39 is 5.41 Å². The molecular weight excluding hydrogens is 390 g/mol. The first kappa shape index (κ1) is 22.5. The van der Waals surface area contributed by atoms with Gasteiger partial charge in [0, 0.05) is 36.3 Å². The third-order valence-corrected chi connectivity index (χ3v) is 5.44. The normalized spacial score (nSPS) is 16.5. The van der Waals surface area contributed by atoms with Gasteiger partial charge in [0.05, 0.1) is 5.92 Å². The van der Waals surface area contributed by atoms with Crippen LogP contribution in [0.15, 0.2) is 54.6 Å². The molecule has 1 heterocycles. The maximum Gasteiger partial charge on any atom is 0.253 e. The van der Waals surface area contributed by atoms with Crippen LogP contribution in [0, 0.1) is 11.3 Å². The van der Waals surface area contributed by atoms with Crippen molar-refractivity contribution >= 4 is 23.4 Å². The molecule has 6 nitrogen and oxygen atoms in total. The molecular formula is C25H31N3O3. The fourth-order valence-corrected chi connectivity index (χ4v) is 3.54. The third kappa shape index (κ3) is 6.17. The Kier molecular flexibility index (Phi) is 7.10. The molecule has 1 aliphatic heterocycles. The average Bonchev–Trinajstić information content (AvgIpc) is 2.77. The number of likely N-dealkylation sites (tertiary alicyclic amines) is 1. The maximum absolute atomic E-state index is 13.1. The number of nitrogens with zero attached hydrogens (tertiary/aromatic N) is 1. The molecule has 164 valence electrons. The van der Waals surface area contributed by atoms with E-state index in [1.54, 1.807) is 29.2 Å². The Labute approximate surface area is 184 Å². The molecule has 1 saturated heterocycles. The summed E-state index contributed by atoms with van der Waals surface area (Å²) in [5.41, 5.74) is 1.64. The van der Waals surface area contributed by atoms with Crippen molar-refractivity contribution in [3.05, 3.63) is 65.7 Å². The quantitative estimate of drug-likeness (QED) is 0.770. The van der Waals surface area contributed by atoms with Crippen molar-refractivity contribution < 1.29 is 14.4 Å². The predicted octanol–water partition coefficient (Wildman–Crippen LogP) is 3.84. The summed E-state index contributed by atoms with van der Waals surface area (Å²) in [6.07, 6.45) is 1.56. The molecule has 31 heavy (non-hydrogen) atoms. The zero-order valence-corrected chi connectivity index (χ0v) is 18.5. The summed E-state index contributed by atoms with van der Waals surface area (Å²) in [7, 11) is 0. The minimum Gasteiger partial charge on any atom is -0.352 e. The van der Waals surface area contributed by atoms with Crippen LogP contribution in [0.5, 0.6) is 0 Å². The summed E-state index contributed by atoms with van der Waals surface area (Å²) in [6, 6.07) is 16.8. The van der Waals surface area contributed by atoms with Crippen molar-refractivity contribution in [2.45, 2.75) is 40.2 Å². The maximum atomic E-state index is 13.1. The van der Waals surface area contributed by atoms with E-state index in [2.05, 4.69) is 10.6 Å². The van der Waals surface area contributed by atoms with Crippen LogP contribution in [-0.4, -0.2) is 35.7 Å². The van der Waals surface area contributed by atoms with E-state index >= 15 is 0 Å². The molecule has 0 aliphatic carbocycles. The number of amides is 3. The second-order valence-corrected chi connectivity index (χ2v) is 9.08. The molecule has 3 amide bonds. The molecule has 0 aromatic heterocycles. The molecule has 0 radical (unpaired) electrons. The van der Waals surface area contributed by atoms with Crippen LogP contribution in [0.3, 0.4) is 0 Å². The number of piperidine rings is 1. The first-order valence-corrected chi connectivity index (χ1v) is 10.8. The van der Waals surface area contributed by atoms with Gasteiger partial charge in [0.2, 0.25) is 11.8 Å². The number of hydrogen-bond acceptors (Lipinski definition) is 3. The van der Waals surface area contributed by atoms with Crippen LogP contribution in [0.1, 0.15) is 49.5 Å². The second-order valence-electron chi connectivity index (χ2n) is 9.08. The van der Waals surface area contributed by atoms with Gasteiger partial charge in [-0.25, -0.2) is 0 Å². The van der Waals surface area contributed by atoms with Gasteiger partial charge in [-0.2, -0.15) is 0 Å². The molecule has 2 aromatic rings. The minimum atomic E-state index is -0.521. The van der Waals surface area contributed by atoms with Crippen molar-refractivity contribution in [1.82, 2.24) is 10.2 Å². The Morgan fingerprint density at radius 2 is 1.77 bits per heavy atom. The molecule has 2 N–H and O–H groups in total. The molecule has 1 fully saturated rings. The highest BCUT2D eigenvalue weighted by molar-refractivity contribution is 5.98. The molecule has 1 atom stereocenters. The summed E-state index contributed by atoms with van der Waals surface area (Å²) in [6.45, 7) is 7.04. The lowest BCUT2D eigenvalue weighted by atomic mass is 9.95. The van der Waals surface area contributed by atoms with Crippen LogP contribution < -0.4 is 10.6 Å². The molecule has 0 spiro atoms. The number of nitrogens with one attached hydrogen (secondary N) is 2. The Morgan fingerprint density at radius 3 is 2.48 bits per heavy atom. The van der Waals surface area contributed by atoms with Gasteiger partial charge >= 0.3 is 0 Å². The topological polar surface area (TPSA) is 78.5 Å². The molecule has 0 unspecified atom stereocenters. The first-order chi connectivity index (χ1) is 14.7. The van der Waals surface area contributed by atoms with Crippen LogP contribution >= 0.6 is 0 Å². The average molecular weight is 422 g/mol. The Bertz CT molecular complexity index is 935. The summed E-state index contributed by atoms with van der Waals surface area (Å²) in [4.78, 5) is 39.7. The highest BCUT2D eigenvalue weighted by atomic mass is 16.2. The molecule has 0 saturated carbocycles. The number of hydrogen-bond donors (Lipinski definition) is 2. The fraction of sp³-hybridized carbons (Fsp3) is 0.400. The van der Waals surface area contributed by atoms with Crippen molar-refractivity contribution in [2.24, 2.45) is 11.3 Å². The van der Waals surface area contributed by atoms with Crippen LogP contribution in [0.4, 0.5) is 5.69 Å². The fourth-order valence-electron chi connectivity index (χ4n) is 3.54. The zero-order valence-electron chi connectivity index (χ0n) is 18.5. The summed E-state index contributed by atoms with van der Waals surface area (Å²) in [5.74, 6) is -0.463. The summed E-state index contributed by atoms with van der Waals surface area (Å²) < 4.78 is 0. The van der Waals surface area contributed by atoms with E-state index in [0.29, 0.717) is 30.9 Å². The molecule has 6 heteroatoms. The summed E-state index contributed by atoms with van der Waals surface area (Å²) in [5, 5.41) is 5.85. The number of anilines is 1. The Balaban J connectivity index is 1.61. The van der Waals surface area contributed by atoms with Gasteiger partial charge in [0.15, 0.2) is 0 Å². The van der Waals surface area contributed by atoms with Crippen molar-refractivity contribution in [1.29, 1.82) is 0 Å². The van der Waals surface area contributed by atoms with E-state index in [0.717, 1.165) is 18.4 Å². The number of carbonyl (C=O) groups is 3. The first-order valence-electron chi connectivity index (χ1n) is 10.8. The standard InChI is InChI=1S/C25H31N3O3/c1-25(2,3)24(31)27-21-13-7-11-19(15-21)23(30)28-14-8-12-20(17-28)22(29)26-16-18-9-5-4-6-10-18/h4-7,9-11,13,15,20H,8,12,14,16-17H2,1-3H3,(H,26,29)(H,27,31)/t20-/m0/s1. The van der Waals surface area contributed by atoms with Gasteiger partial charge in [0.25, 0.3) is 5.91 Å².